The summed E-state index contributed by atoms with van der Waals surface area (Å²) in [5.41, 5.74) is -0.693. The summed E-state index contributed by atoms with van der Waals surface area (Å²) < 4.78 is 37.9. The van der Waals surface area contributed by atoms with Crippen LogP contribution in [0.4, 0.5) is 13.2 Å². The molecule has 1 unspecified atom stereocenters. The van der Waals surface area contributed by atoms with E-state index in [-0.39, 0.29) is 0 Å². The number of rotatable bonds is 11. The summed E-state index contributed by atoms with van der Waals surface area (Å²) in [4.78, 5) is 12.3. The van der Waals surface area contributed by atoms with Crippen LogP contribution < -0.4 is 5.32 Å². The molecule has 5 heteroatoms. The van der Waals surface area contributed by atoms with Crippen molar-refractivity contribution in [2.24, 2.45) is 5.41 Å². The van der Waals surface area contributed by atoms with Gasteiger partial charge in [0.25, 0.3) is 0 Å². The molecule has 22 heavy (non-hydrogen) atoms. The predicted molar refractivity (Wildman–Crippen MR) is 84.7 cm³/mol. The van der Waals surface area contributed by atoms with Gasteiger partial charge in [-0.05, 0) is 19.8 Å². The molecular weight excluding hydrogens is 291 g/mol. The van der Waals surface area contributed by atoms with Gasteiger partial charge in [0.1, 0.15) is 6.04 Å². The van der Waals surface area contributed by atoms with Crippen LogP contribution in [0.3, 0.4) is 0 Å². The largest absolute Gasteiger partial charge is 0.408 e. The maximum Gasteiger partial charge on any atom is 0.408 e. The topological polar surface area (TPSA) is 29.1 Å². The van der Waals surface area contributed by atoms with Crippen LogP contribution in [0, 0.1) is 5.41 Å². The molecule has 0 saturated carbocycles. The zero-order chi connectivity index (χ0) is 17.2. The molecule has 2 atom stereocenters. The summed E-state index contributed by atoms with van der Waals surface area (Å²) in [6.45, 7) is 6.97. The Balaban J connectivity index is 4.60. The van der Waals surface area contributed by atoms with Crippen molar-refractivity contribution < 1.29 is 18.0 Å². The lowest BCUT2D eigenvalue weighted by molar-refractivity contribution is -0.161. The first kappa shape index (κ1) is 21.3. The smallest absolute Gasteiger partial charge is 0.344 e. The Labute approximate surface area is 133 Å². The number of amides is 1. The Morgan fingerprint density at radius 2 is 1.45 bits per heavy atom. The molecule has 0 aromatic rings. The van der Waals surface area contributed by atoms with E-state index in [0.717, 1.165) is 45.4 Å². The van der Waals surface area contributed by atoms with Gasteiger partial charge < -0.3 is 5.32 Å². The van der Waals surface area contributed by atoms with Gasteiger partial charge in [0.2, 0.25) is 5.91 Å². The number of nitrogens with one attached hydrogen (secondary N) is 1. The van der Waals surface area contributed by atoms with E-state index >= 15 is 0 Å². The summed E-state index contributed by atoms with van der Waals surface area (Å²) in [5.74, 6) is -0.457. The first-order valence-electron chi connectivity index (χ1n) is 8.55. The number of carbonyl (C=O) groups is 1. The second-order valence-electron chi connectivity index (χ2n) is 6.57. The van der Waals surface area contributed by atoms with E-state index < -0.39 is 23.5 Å². The highest BCUT2D eigenvalue weighted by atomic mass is 19.4. The maximum absolute atomic E-state index is 12.6. The lowest BCUT2D eigenvalue weighted by atomic mass is 9.79. The van der Waals surface area contributed by atoms with E-state index in [2.05, 4.69) is 12.2 Å². The molecule has 0 aromatic carbocycles. The van der Waals surface area contributed by atoms with Crippen molar-refractivity contribution in [3.8, 4) is 0 Å². The molecule has 0 saturated heterocycles. The fourth-order valence-corrected chi connectivity index (χ4v) is 2.49. The average molecular weight is 323 g/mol. The van der Waals surface area contributed by atoms with Crippen LogP contribution in [0.15, 0.2) is 0 Å². The zero-order valence-corrected chi connectivity index (χ0v) is 14.5. The van der Waals surface area contributed by atoms with Crippen LogP contribution in [0.5, 0.6) is 0 Å². The van der Waals surface area contributed by atoms with Crippen LogP contribution in [0.2, 0.25) is 0 Å². The van der Waals surface area contributed by atoms with Crippen LogP contribution in [0.25, 0.3) is 0 Å². The second-order valence-corrected chi connectivity index (χ2v) is 6.57. The molecule has 0 heterocycles. The van der Waals surface area contributed by atoms with Crippen LogP contribution in [-0.2, 0) is 4.79 Å². The van der Waals surface area contributed by atoms with Gasteiger partial charge in [-0.25, -0.2) is 0 Å². The molecular formula is C17H32F3NO. The zero-order valence-electron chi connectivity index (χ0n) is 14.5. The molecule has 0 radical (unpaired) electrons. The van der Waals surface area contributed by atoms with E-state index in [9.17, 15) is 18.0 Å². The Morgan fingerprint density at radius 1 is 0.955 bits per heavy atom. The Kier molecular flexibility index (Phi) is 9.77. The number of alkyl halides is 3. The molecule has 132 valence electrons. The van der Waals surface area contributed by atoms with Crippen molar-refractivity contribution in [3.05, 3.63) is 0 Å². The first-order chi connectivity index (χ1) is 10.2. The highest BCUT2D eigenvalue weighted by Gasteiger charge is 2.40. The van der Waals surface area contributed by atoms with Crippen LogP contribution in [-0.4, -0.2) is 18.1 Å². The van der Waals surface area contributed by atoms with Crippen LogP contribution in [0.1, 0.15) is 85.5 Å². The minimum absolute atomic E-state index is 0.457. The molecule has 0 aliphatic carbocycles. The Bertz CT molecular complexity index is 318. The molecule has 2 nitrogen and oxygen atoms in total. The van der Waals surface area contributed by atoms with Gasteiger partial charge in [-0.15, -0.1) is 0 Å². The number of unbranched alkanes of at least 4 members (excludes halogenated alkanes) is 5. The highest BCUT2D eigenvalue weighted by molar-refractivity contribution is 5.82. The number of carbonyl (C=O) groups excluding carboxylic acids is 1. The fourth-order valence-electron chi connectivity index (χ4n) is 2.49. The average Bonchev–Trinajstić information content (AvgIpc) is 2.43. The van der Waals surface area contributed by atoms with Crippen molar-refractivity contribution in [2.45, 2.75) is 97.7 Å². The summed E-state index contributed by atoms with van der Waals surface area (Å²) in [6.07, 6.45) is 4.10. The van der Waals surface area contributed by atoms with Gasteiger partial charge in [-0.1, -0.05) is 65.7 Å². The van der Waals surface area contributed by atoms with Crippen molar-refractivity contribution in [2.75, 3.05) is 0 Å². The van der Waals surface area contributed by atoms with Gasteiger partial charge in [-0.2, -0.15) is 13.2 Å². The van der Waals surface area contributed by atoms with E-state index in [0.29, 0.717) is 12.8 Å². The third kappa shape index (κ3) is 8.04. The highest BCUT2D eigenvalue weighted by Crippen LogP contribution is 2.32. The second kappa shape index (κ2) is 10.1. The summed E-state index contributed by atoms with van der Waals surface area (Å²) in [7, 11) is 0. The molecule has 0 aliphatic heterocycles. The molecule has 0 spiro atoms. The predicted octanol–water partition coefficient (Wildman–Crippen LogP) is 5.61. The molecule has 0 fully saturated rings. The fraction of sp³-hybridized carbons (Fsp3) is 0.941. The van der Waals surface area contributed by atoms with Crippen LogP contribution >= 0.6 is 0 Å². The first-order valence-corrected chi connectivity index (χ1v) is 8.55. The number of halogens is 3. The van der Waals surface area contributed by atoms with Crippen molar-refractivity contribution >= 4 is 5.91 Å². The normalized spacial score (nSPS) is 16.1. The van der Waals surface area contributed by atoms with Gasteiger partial charge in [-0.3, -0.25) is 4.79 Å². The maximum atomic E-state index is 12.6. The van der Waals surface area contributed by atoms with Crippen molar-refractivity contribution in [1.82, 2.24) is 5.32 Å². The third-order valence-electron chi connectivity index (χ3n) is 4.30. The molecule has 1 amide bonds. The third-order valence-corrected chi connectivity index (χ3v) is 4.30. The minimum atomic E-state index is -4.39. The van der Waals surface area contributed by atoms with Gasteiger partial charge >= 0.3 is 6.18 Å². The Hall–Kier alpha value is -0.740. The summed E-state index contributed by atoms with van der Waals surface area (Å²) >= 11 is 0. The van der Waals surface area contributed by atoms with E-state index in [1.54, 1.807) is 6.92 Å². The lowest BCUT2D eigenvalue weighted by Gasteiger charge is -2.30. The molecule has 0 rings (SSSR count). The molecule has 0 bridgehead atoms. The van der Waals surface area contributed by atoms with E-state index in [1.807, 2.05) is 6.92 Å². The van der Waals surface area contributed by atoms with E-state index in [4.69, 9.17) is 0 Å². The molecule has 0 aromatic heterocycles. The summed E-state index contributed by atoms with van der Waals surface area (Å²) in [5, 5.41) is 2.16. The Morgan fingerprint density at radius 3 is 1.95 bits per heavy atom. The lowest BCUT2D eigenvalue weighted by Crippen LogP contribution is -2.49. The van der Waals surface area contributed by atoms with Crippen molar-refractivity contribution in [3.63, 3.8) is 0 Å². The standard InChI is InChI=1S/C17H32F3NO/c1-5-7-9-10-11-13-16(4,12-8-6-2)15(22)21-14(3)17(18,19)20/h14H,5-13H2,1-4H3,(H,21,22)/t14-,16?/m0/s1. The van der Waals surface area contributed by atoms with Gasteiger partial charge in [0.15, 0.2) is 0 Å². The summed E-state index contributed by atoms with van der Waals surface area (Å²) in [6, 6.07) is -1.79. The van der Waals surface area contributed by atoms with E-state index in [1.165, 1.54) is 6.42 Å². The van der Waals surface area contributed by atoms with Gasteiger partial charge in [0.05, 0.1) is 0 Å². The monoisotopic (exact) mass is 323 g/mol. The molecule has 1 N–H and O–H groups in total. The van der Waals surface area contributed by atoms with Gasteiger partial charge in [0, 0.05) is 5.41 Å². The number of hydrogen-bond donors (Lipinski definition) is 1. The molecule has 0 aliphatic rings. The number of hydrogen-bond acceptors (Lipinski definition) is 1. The van der Waals surface area contributed by atoms with Crippen molar-refractivity contribution in [1.29, 1.82) is 0 Å². The minimum Gasteiger partial charge on any atom is -0.344 e. The quantitative estimate of drug-likeness (QED) is 0.492. The SMILES string of the molecule is CCCCCCCC(C)(CCCC)C(=O)N[C@@H](C)C(F)(F)F.